The molecule has 0 radical (unpaired) electrons. The van der Waals surface area contributed by atoms with E-state index in [2.05, 4.69) is 0 Å². The van der Waals surface area contributed by atoms with Crippen molar-refractivity contribution < 1.29 is 8.78 Å². The molecule has 68 valence electrons. The third-order valence-corrected chi connectivity index (χ3v) is 2.26. The van der Waals surface area contributed by atoms with Gasteiger partial charge in [0.25, 0.3) is 0 Å². The van der Waals surface area contributed by atoms with E-state index in [0.29, 0.717) is 0 Å². The van der Waals surface area contributed by atoms with Crippen LogP contribution in [0.15, 0.2) is 0 Å². The lowest BCUT2D eigenvalue weighted by Gasteiger charge is -2.08. The fraction of sp³-hybridized carbons (Fsp3) is 0.300. The number of hydrogen-bond acceptors (Lipinski definition) is 1. The third-order valence-electron chi connectivity index (χ3n) is 2.26. The topological polar surface area (TPSA) is 23.8 Å². The summed E-state index contributed by atoms with van der Waals surface area (Å²) in [4.78, 5) is 0. The van der Waals surface area contributed by atoms with Crippen molar-refractivity contribution in [1.29, 1.82) is 5.26 Å². The maximum Gasteiger partial charge on any atom is 0.144 e. The molecule has 0 aliphatic heterocycles. The number of halogens is 2. The van der Waals surface area contributed by atoms with E-state index >= 15 is 0 Å². The van der Waals surface area contributed by atoms with Crippen molar-refractivity contribution in [3.05, 3.63) is 33.9 Å². The molecule has 0 fully saturated rings. The van der Waals surface area contributed by atoms with Crippen LogP contribution in [0.1, 0.15) is 22.3 Å². The molecule has 1 nitrogen and oxygen atoms in total. The van der Waals surface area contributed by atoms with E-state index in [-0.39, 0.29) is 22.3 Å². The average Bonchev–Trinajstić information content (AvgIpc) is 2.13. The van der Waals surface area contributed by atoms with Crippen LogP contribution >= 0.6 is 0 Å². The van der Waals surface area contributed by atoms with Gasteiger partial charge in [0.2, 0.25) is 0 Å². The Balaban J connectivity index is 3.69. The Morgan fingerprint density at radius 2 is 1.38 bits per heavy atom. The van der Waals surface area contributed by atoms with Crippen molar-refractivity contribution in [1.82, 2.24) is 0 Å². The van der Waals surface area contributed by atoms with Crippen molar-refractivity contribution in [2.24, 2.45) is 0 Å². The molecule has 0 unspecified atom stereocenters. The molecule has 1 aromatic carbocycles. The van der Waals surface area contributed by atoms with E-state index in [1.54, 1.807) is 6.07 Å². The summed E-state index contributed by atoms with van der Waals surface area (Å²) in [5, 5.41) is 8.58. The molecule has 0 saturated heterocycles. The summed E-state index contributed by atoms with van der Waals surface area (Å²) in [6.07, 6.45) is 0. The minimum Gasteiger partial charge on any atom is -0.206 e. The van der Waals surface area contributed by atoms with Gasteiger partial charge in [-0.05, 0) is 31.9 Å². The van der Waals surface area contributed by atoms with Gasteiger partial charge in [0, 0.05) is 5.56 Å². The van der Waals surface area contributed by atoms with E-state index in [4.69, 9.17) is 5.26 Å². The van der Waals surface area contributed by atoms with Gasteiger partial charge in [0.05, 0.1) is 5.56 Å². The Morgan fingerprint density at radius 3 is 1.85 bits per heavy atom. The van der Waals surface area contributed by atoms with E-state index < -0.39 is 11.6 Å². The first kappa shape index (κ1) is 9.66. The average molecular weight is 181 g/mol. The Kier molecular flexibility index (Phi) is 2.33. The zero-order valence-corrected chi connectivity index (χ0v) is 7.70. The standard InChI is InChI=1S/C10H9F2N/c1-5-6(2)10(12)8(4-13)7(3)9(5)11/h1-3H3. The van der Waals surface area contributed by atoms with E-state index in [1.165, 1.54) is 20.8 Å². The normalized spacial score (nSPS) is 9.85. The summed E-state index contributed by atoms with van der Waals surface area (Å²) < 4.78 is 26.6. The lowest BCUT2D eigenvalue weighted by molar-refractivity contribution is 0.573. The smallest absolute Gasteiger partial charge is 0.144 e. The van der Waals surface area contributed by atoms with Crippen LogP contribution in [0.3, 0.4) is 0 Å². The van der Waals surface area contributed by atoms with Crippen LogP contribution in [0.4, 0.5) is 8.78 Å². The maximum absolute atomic E-state index is 13.3. The molecule has 1 rings (SSSR count). The third kappa shape index (κ3) is 1.29. The molecule has 0 N–H and O–H groups in total. The minimum absolute atomic E-state index is 0.0862. The van der Waals surface area contributed by atoms with Gasteiger partial charge >= 0.3 is 0 Å². The molecule has 0 amide bonds. The van der Waals surface area contributed by atoms with Gasteiger partial charge in [0.15, 0.2) is 0 Å². The maximum atomic E-state index is 13.3. The summed E-state index contributed by atoms with van der Waals surface area (Å²) in [6, 6.07) is 1.66. The lowest BCUT2D eigenvalue weighted by Crippen LogP contribution is -2.01. The predicted octanol–water partition coefficient (Wildman–Crippen LogP) is 2.76. The fourth-order valence-electron chi connectivity index (χ4n) is 1.21. The molecular formula is C10H9F2N. The molecular weight excluding hydrogens is 172 g/mol. The highest BCUT2D eigenvalue weighted by Gasteiger charge is 2.16. The van der Waals surface area contributed by atoms with E-state index in [9.17, 15) is 8.78 Å². The van der Waals surface area contributed by atoms with E-state index in [0.717, 1.165) is 0 Å². The van der Waals surface area contributed by atoms with Crippen LogP contribution in [0, 0.1) is 43.7 Å². The molecule has 1 aromatic rings. The Bertz CT molecular complexity index is 373. The molecule has 0 saturated carbocycles. The molecule has 0 aliphatic carbocycles. The van der Waals surface area contributed by atoms with Crippen LogP contribution in [0.2, 0.25) is 0 Å². The first-order valence-electron chi connectivity index (χ1n) is 3.85. The van der Waals surface area contributed by atoms with Crippen molar-refractivity contribution in [2.75, 3.05) is 0 Å². The van der Waals surface area contributed by atoms with Crippen LogP contribution < -0.4 is 0 Å². The predicted molar refractivity (Wildman–Crippen MR) is 45.3 cm³/mol. The summed E-state index contributed by atoms with van der Waals surface area (Å²) >= 11 is 0. The highest BCUT2D eigenvalue weighted by molar-refractivity contribution is 5.45. The SMILES string of the molecule is Cc1c(C)c(F)c(C#N)c(C)c1F. The molecule has 3 heteroatoms. The van der Waals surface area contributed by atoms with Gasteiger partial charge in [-0.3, -0.25) is 0 Å². The van der Waals surface area contributed by atoms with Crippen LogP contribution in [0.25, 0.3) is 0 Å². The first-order chi connectivity index (χ1) is 6.00. The summed E-state index contributed by atoms with van der Waals surface area (Å²) in [5.41, 5.74) is 0.373. The van der Waals surface area contributed by atoms with Crippen molar-refractivity contribution in [3.63, 3.8) is 0 Å². The Hall–Kier alpha value is -1.43. The lowest BCUT2D eigenvalue weighted by atomic mass is 10.00. The highest BCUT2D eigenvalue weighted by atomic mass is 19.1. The summed E-state index contributed by atoms with van der Waals surface area (Å²) in [5.74, 6) is -1.10. The zero-order valence-electron chi connectivity index (χ0n) is 7.70. The fourth-order valence-corrected chi connectivity index (χ4v) is 1.21. The van der Waals surface area contributed by atoms with Gasteiger partial charge in [-0.25, -0.2) is 8.78 Å². The molecule has 0 heterocycles. The van der Waals surface area contributed by atoms with Gasteiger partial charge < -0.3 is 0 Å². The zero-order chi connectivity index (χ0) is 10.2. The number of benzene rings is 1. The van der Waals surface area contributed by atoms with Gasteiger partial charge in [0.1, 0.15) is 17.7 Å². The largest absolute Gasteiger partial charge is 0.206 e. The van der Waals surface area contributed by atoms with Crippen molar-refractivity contribution >= 4 is 0 Å². The Labute approximate surface area is 75.6 Å². The number of nitriles is 1. The second-order valence-corrected chi connectivity index (χ2v) is 2.99. The minimum atomic E-state index is -0.612. The number of nitrogens with zero attached hydrogens (tertiary/aromatic N) is 1. The highest BCUT2D eigenvalue weighted by Crippen LogP contribution is 2.23. The Morgan fingerprint density at radius 1 is 0.923 bits per heavy atom. The van der Waals surface area contributed by atoms with Gasteiger partial charge in [-0.2, -0.15) is 5.26 Å². The van der Waals surface area contributed by atoms with Crippen molar-refractivity contribution in [3.8, 4) is 6.07 Å². The molecule has 0 aromatic heterocycles. The number of hydrogen-bond donors (Lipinski definition) is 0. The quantitative estimate of drug-likeness (QED) is 0.603. The monoisotopic (exact) mass is 181 g/mol. The summed E-state index contributed by atoms with van der Waals surface area (Å²) in [6.45, 7) is 4.37. The van der Waals surface area contributed by atoms with Crippen molar-refractivity contribution in [2.45, 2.75) is 20.8 Å². The van der Waals surface area contributed by atoms with E-state index in [1.807, 2.05) is 0 Å². The molecule has 0 bridgehead atoms. The molecule has 0 spiro atoms. The second-order valence-electron chi connectivity index (χ2n) is 2.99. The molecule has 13 heavy (non-hydrogen) atoms. The second kappa shape index (κ2) is 3.14. The van der Waals surface area contributed by atoms with Crippen LogP contribution in [0.5, 0.6) is 0 Å². The van der Waals surface area contributed by atoms with Crippen LogP contribution in [-0.2, 0) is 0 Å². The van der Waals surface area contributed by atoms with Gasteiger partial charge in [-0.1, -0.05) is 0 Å². The van der Waals surface area contributed by atoms with Crippen LogP contribution in [-0.4, -0.2) is 0 Å². The molecule has 0 aliphatic rings. The summed E-state index contributed by atoms with van der Waals surface area (Å²) in [7, 11) is 0. The number of rotatable bonds is 0. The van der Waals surface area contributed by atoms with Gasteiger partial charge in [-0.15, -0.1) is 0 Å². The first-order valence-corrected chi connectivity index (χ1v) is 3.85. The molecule has 0 atom stereocenters.